The molecule has 6 nitrogen and oxygen atoms in total. The number of urea groups is 1. The maximum atomic E-state index is 11.5. The molecule has 1 aliphatic carbocycles. The molecule has 1 aliphatic rings. The van der Waals surface area contributed by atoms with Gasteiger partial charge in [-0.3, -0.25) is 4.79 Å². The summed E-state index contributed by atoms with van der Waals surface area (Å²) in [7, 11) is 1.43. The number of carbonyl (C=O) groups is 2. The first-order chi connectivity index (χ1) is 8.51. The molecule has 1 fully saturated rings. The molecule has 0 radical (unpaired) electrons. The highest BCUT2D eigenvalue weighted by molar-refractivity contribution is 5.74. The van der Waals surface area contributed by atoms with Crippen LogP contribution < -0.4 is 10.6 Å². The van der Waals surface area contributed by atoms with E-state index in [1.807, 2.05) is 6.92 Å². The highest BCUT2D eigenvalue weighted by atomic mass is 16.5. The van der Waals surface area contributed by atoms with Gasteiger partial charge in [-0.15, -0.1) is 0 Å². The van der Waals surface area contributed by atoms with Gasteiger partial charge in [0.15, 0.2) is 0 Å². The number of carboxylic acids is 1. The second-order valence-electron chi connectivity index (χ2n) is 4.89. The van der Waals surface area contributed by atoms with Crippen LogP contribution in [-0.4, -0.2) is 42.9 Å². The van der Waals surface area contributed by atoms with Crippen LogP contribution in [0, 0.1) is 5.92 Å². The minimum absolute atomic E-state index is 0.117. The summed E-state index contributed by atoms with van der Waals surface area (Å²) in [5.41, 5.74) is 0. The highest BCUT2D eigenvalue weighted by Gasteiger charge is 2.24. The van der Waals surface area contributed by atoms with E-state index in [0.29, 0.717) is 0 Å². The number of ether oxygens (including phenoxy) is 1. The van der Waals surface area contributed by atoms with Crippen LogP contribution in [0.3, 0.4) is 0 Å². The summed E-state index contributed by atoms with van der Waals surface area (Å²) in [6, 6.07) is -0.117. The molecule has 1 rings (SSSR count). The number of aliphatic carboxylic acids is 1. The summed E-state index contributed by atoms with van der Waals surface area (Å²) in [4.78, 5) is 22.0. The Morgan fingerprint density at radius 3 is 2.61 bits per heavy atom. The van der Waals surface area contributed by atoms with Gasteiger partial charge in [0.2, 0.25) is 0 Å². The van der Waals surface area contributed by atoms with Gasteiger partial charge >= 0.3 is 12.0 Å². The predicted octanol–water partition coefficient (Wildman–Crippen LogP) is 0.964. The zero-order valence-corrected chi connectivity index (χ0v) is 10.9. The summed E-state index contributed by atoms with van der Waals surface area (Å²) in [5, 5.41) is 14.1. The van der Waals surface area contributed by atoms with Crippen LogP contribution in [0.4, 0.5) is 4.79 Å². The molecule has 0 heterocycles. The van der Waals surface area contributed by atoms with E-state index >= 15 is 0 Å². The van der Waals surface area contributed by atoms with E-state index in [1.165, 1.54) is 20.0 Å². The average molecular weight is 258 g/mol. The number of hydrogen-bond acceptors (Lipinski definition) is 3. The monoisotopic (exact) mass is 258 g/mol. The van der Waals surface area contributed by atoms with Crippen molar-refractivity contribution in [3.8, 4) is 0 Å². The van der Waals surface area contributed by atoms with Crippen molar-refractivity contribution in [3.63, 3.8) is 0 Å². The summed E-state index contributed by atoms with van der Waals surface area (Å²) < 4.78 is 4.97. The lowest BCUT2D eigenvalue weighted by Gasteiger charge is -2.17. The van der Waals surface area contributed by atoms with Crippen LogP contribution in [0.1, 0.15) is 32.6 Å². The van der Waals surface area contributed by atoms with E-state index in [4.69, 9.17) is 9.84 Å². The third-order valence-electron chi connectivity index (χ3n) is 2.99. The zero-order chi connectivity index (χ0) is 13.5. The van der Waals surface area contributed by atoms with Gasteiger partial charge in [-0.25, -0.2) is 4.79 Å². The van der Waals surface area contributed by atoms with Crippen molar-refractivity contribution in [2.75, 3.05) is 13.7 Å². The highest BCUT2D eigenvalue weighted by Crippen LogP contribution is 2.33. The Morgan fingerprint density at radius 1 is 1.44 bits per heavy atom. The van der Waals surface area contributed by atoms with Crippen LogP contribution in [0.15, 0.2) is 0 Å². The Hall–Kier alpha value is -1.30. The third kappa shape index (κ3) is 6.44. The number of hydrogen-bond donors (Lipinski definition) is 3. The van der Waals surface area contributed by atoms with E-state index in [-0.39, 0.29) is 25.0 Å². The normalized spacial score (nSPS) is 17.9. The summed E-state index contributed by atoms with van der Waals surface area (Å²) in [6.45, 7) is 2.17. The van der Waals surface area contributed by atoms with Crippen LogP contribution in [0.25, 0.3) is 0 Å². The molecule has 3 N–H and O–H groups in total. The van der Waals surface area contributed by atoms with Crippen molar-refractivity contribution in [1.29, 1.82) is 0 Å². The van der Waals surface area contributed by atoms with Gasteiger partial charge in [0.25, 0.3) is 0 Å². The molecule has 2 amide bonds. The number of amides is 2. The maximum absolute atomic E-state index is 11.5. The molecule has 2 atom stereocenters. The molecular weight excluding hydrogens is 236 g/mol. The number of nitrogens with one attached hydrogen (secondary N) is 2. The van der Waals surface area contributed by atoms with E-state index < -0.39 is 12.1 Å². The number of methoxy groups -OCH3 is 1. The van der Waals surface area contributed by atoms with E-state index in [9.17, 15) is 9.59 Å². The van der Waals surface area contributed by atoms with Gasteiger partial charge in [-0.1, -0.05) is 12.8 Å². The third-order valence-corrected chi connectivity index (χ3v) is 2.99. The van der Waals surface area contributed by atoms with Crippen molar-refractivity contribution in [2.24, 2.45) is 5.92 Å². The Kier molecular flexibility index (Phi) is 5.91. The first-order valence-corrected chi connectivity index (χ1v) is 6.30. The van der Waals surface area contributed by atoms with Crippen LogP contribution in [-0.2, 0) is 9.53 Å². The molecule has 104 valence electrons. The molecule has 0 aromatic heterocycles. The predicted molar refractivity (Wildman–Crippen MR) is 66.4 cm³/mol. The molecule has 1 saturated carbocycles. The lowest BCUT2D eigenvalue weighted by atomic mass is 10.2. The number of carbonyl (C=O) groups excluding carboxylic acids is 1. The summed E-state index contributed by atoms with van der Waals surface area (Å²) >= 11 is 0. The van der Waals surface area contributed by atoms with Crippen molar-refractivity contribution in [2.45, 2.75) is 44.8 Å². The lowest BCUT2D eigenvalue weighted by molar-refractivity contribution is -0.139. The SMILES string of the molecule is COC(CNC(=O)NC(C)CC1CC1)CC(=O)O. The molecule has 0 aliphatic heterocycles. The Morgan fingerprint density at radius 2 is 2.11 bits per heavy atom. The fourth-order valence-electron chi connectivity index (χ4n) is 1.83. The minimum atomic E-state index is -0.939. The molecule has 6 heteroatoms. The Bertz CT molecular complexity index is 292. The molecule has 18 heavy (non-hydrogen) atoms. The first-order valence-electron chi connectivity index (χ1n) is 6.30. The largest absolute Gasteiger partial charge is 0.481 e. The number of rotatable bonds is 8. The second-order valence-corrected chi connectivity index (χ2v) is 4.89. The Labute approximate surface area is 107 Å². The summed E-state index contributed by atoms with van der Waals surface area (Å²) in [6.07, 6.45) is 2.92. The second kappa shape index (κ2) is 7.20. The zero-order valence-electron chi connectivity index (χ0n) is 10.9. The molecule has 0 saturated heterocycles. The van der Waals surface area contributed by atoms with Crippen LogP contribution in [0.2, 0.25) is 0 Å². The first kappa shape index (κ1) is 14.8. The standard InChI is InChI=1S/C12H22N2O4/c1-8(5-9-3-4-9)14-12(17)13-7-10(18-2)6-11(15)16/h8-10H,3-7H2,1-2H3,(H,15,16)(H2,13,14,17). The van der Waals surface area contributed by atoms with E-state index in [0.717, 1.165) is 12.3 Å². The molecular formula is C12H22N2O4. The van der Waals surface area contributed by atoms with Crippen molar-refractivity contribution in [1.82, 2.24) is 10.6 Å². The van der Waals surface area contributed by atoms with E-state index in [2.05, 4.69) is 10.6 Å². The van der Waals surface area contributed by atoms with Crippen molar-refractivity contribution >= 4 is 12.0 Å². The quantitative estimate of drug-likeness (QED) is 0.605. The fraction of sp³-hybridized carbons (Fsp3) is 0.833. The van der Waals surface area contributed by atoms with Crippen LogP contribution >= 0.6 is 0 Å². The average Bonchev–Trinajstić information content (AvgIpc) is 3.07. The van der Waals surface area contributed by atoms with E-state index in [1.54, 1.807) is 0 Å². The molecule has 0 aromatic carbocycles. The molecule has 0 aromatic rings. The molecule has 0 spiro atoms. The fourth-order valence-corrected chi connectivity index (χ4v) is 1.83. The molecule has 0 bridgehead atoms. The van der Waals surface area contributed by atoms with Gasteiger partial charge in [0, 0.05) is 19.7 Å². The van der Waals surface area contributed by atoms with Gasteiger partial charge in [-0.2, -0.15) is 0 Å². The van der Waals surface area contributed by atoms with Gasteiger partial charge < -0.3 is 20.5 Å². The van der Waals surface area contributed by atoms with Gasteiger partial charge in [0.05, 0.1) is 12.5 Å². The minimum Gasteiger partial charge on any atom is -0.481 e. The maximum Gasteiger partial charge on any atom is 0.315 e. The topological polar surface area (TPSA) is 87.7 Å². The number of carboxylic acid groups (broad SMARTS) is 1. The smallest absolute Gasteiger partial charge is 0.315 e. The van der Waals surface area contributed by atoms with Gasteiger partial charge in [0.1, 0.15) is 0 Å². The van der Waals surface area contributed by atoms with Gasteiger partial charge in [-0.05, 0) is 19.3 Å². The van der Waals surface area contributed by atoms with Crippen LogP contribution in [0.5, 0.6) is 0 Å². The van der Waals surface area contributed by atoms with Crippen molar-refractivity contribution in [3.05, 3.63) is 0 Å². The molecule has 2 unspecified atom stereocenters. The van der Waals surface area contributed by atoms with Crippen molar-refractivity contribution < 1.29 is 19.4 Å². The lowest BCUT2D eigenvalue weighted by Crippen LogP contribution is -2.44. The summed E-state index contributed by atoms with van der Waals surface area (Å²) in [5.74, 6) is -0.176. The Balaban J connectivity index is 2.15.